The highest BCUT2D eigenvalue weighted by Gasteiger charge is 2.27. The Morgan fingerprint density at radius 3 is 2.56 bits per heavy atom. The molecule has 0 aliphatic heterocycles. The second kappa shape index (κ2) is 5.37. The molecule has 0 saturated heterocycles. The number of alkyl halides is 1. The zero-order valence-electron chi connectivity index (χ0n) is 11.0. The van der Waals surface area contributed by atoms with Crippen molar-refractivity contribution in [1.29, 1.82) is 0 Å². The molecule has 0 amide bonds. The molecule has 0 atom stereocenters. The van der Waals surface area contributed by atoms with Gasteiger partial charge in [-0.3, -0.25) is 0 Å². The zero-order valence-corrected chi connectivity index (χ0v) is 13.9. The Morgan fingerprint density at radius 1 is 1.33 bits per heavy atom. The maximum atomic E-state index is 6.08. The summed E-state index contributed by atoms with van der Waals surface area (Å²) in [6, 6.07) is 6.41. The number of nitrogens with zero attached hydrogens (tertiary/aromatic N) is 2. The molecule has 0 unspecified atom stereocenters. The Labute approximate surface area is 127 Å². The summed E-state index contributed by atoms with van der Waals surface area (Å²) in [5.74, 6) is 1.43. The molecule has 0 aliphatic carbocycles. The first kappa shape index (κ1) is 14.1. The standard InChI is InChI=1S/C14H18ClIN2/c1-4-14(3,5-2)18-12-7-6-10(16)8-11(12)17-13(18)9-15/h6-8H,4-5,9H2,1-3H3. The molecule has 0 aliphatic rings. The minimum absolute atomic E-state index is 0.0891. The number of rotatable bonds is 4. The number of hydrogen-bond donors (Lipinski definition) is 0. The summed E-state index contributed by atoms with van der Waals surface area (Å²) in [7, 11) is 0. The van der Waals surface area contributed by atoms with Gasteiger partial charge in [0.1, 0.15) is 5.82 Å². The molecular formula is C14H18ClIN2. The van der Waals surface area contributed by atoms with Gasteiger partial charge in [0.2, 0.25) is 0 Å². The van der Waals surface area contributed by atoms with Crippen molar-refractivity contribution in [3.63, 3.8) is 0 Å². The van der Waals surface area contributed by atoms with Crippen molar-refractivity contribution in [3.8, 4) is 0 Å². The molecule has 0 bridgehead atoms. The Morgan fingerprint density at radius 2 is 2.00 bits per heavy atom. The second-order valence-electron chi connectivity index (χ2n) is 4.83. The van der Waals surface area contributed by atoms with Gasteiger partial charge in [-0.15, -0.1) is 11.6 Å². The fraction of sp³-hybridized carbons (Fsp3) is 0.500. The number of halogens is 2. The highest BCUT2D eigenvalue weighted by Crippen LogP contribution is 2.32. The van der Waals surface area contributed by atoms with Crippen LogP contribution in [-0.2, 0) is 11.4 Å². The molecule has 2 aromatic rings. The predicted molar refractivity (Wildman–Crippen MR) is 86.2 cm³/mol. The van der Waals surface area contributed by atoms with Crippen LogP contribution >= 0.6 is 34.2 Å². The molecule has 0 fully saturated rings. The largest absolute Gasteiger partial charge is 0.321 e. The maximum Gasteiger partial charge on any atom is 0.125 e. The second-order valence-corrected chi connectivity index (χ2v) is 6.35. The summed E-state index contributed by atoms with van der Waals surface area (Å²) < 4.78 is 3.53. The minimum atomic E-state index is 0.0891. The summed E-state index contributed by atoms with van der Waals surface area (Å²) in [6.45, 7) is 6.72. The van der Waals surface area contributed by atoms with Gasteiger partial charge >= 0.3 is 0 Å². The van der Waals surface area contributed by atoms with E-state index in [1.165, 1.54) is 9.09 Å². The van der Waals surface area contributed by atoms with Gasteiger partial charge in [-0.25, -0.2) is 4.98 Å². The maximum absolute atomic E-state index is 6.08. The zero-order chi connectivity index (χ0) is 13.3. The first-order valence-electron chi connectivity index (χ1n) is 6.29. The molecule has 2 nitrogen and oxygen atoms in total. The average Bonchev–Trinajstić information content (AvgIpc) is 2.75. The number of imidazole rings is 1. The Hall–Kier alpha value is -0.290. The van der Waals surface area contributed by atoms with E-state index in [2.05, 4.69) is 71.1 Å². The van der Waals surface area contributed by atoms with Crippen LogP contribution in [0.1, 0.15) is 39.4 Å². The highest BCUT2D eigenvalue weighted by atomic mass is 127. The van der Waals surface area contributed by atoms with Gasteiger partial charge in [0, 0.05) is 9.11 Å². The van der Waals surface area contributed by atoms with Crippen molar-refractivity contribution in [3.05, 3.63) is 27.6 Å². The third-order valence-corrected chi connectivity index (χ3v) is 4.78. The Bertz CT molecular complexity index is 558. The first-order valence-corrected chi connectivity index (χ1v) is 7.90. The lowest BCUT2D eigenvalue weighted by molar-refractivity contribution is 0.296. The molecular weight excluding hydrogens is 359 g/mol. The van der Waals surface area contributed by atoms with Gasteiger partial charge in [0.05, 0.1) is 16.9 Å². The fourth-order valence-corrected chi connectivity index (χ4v) is 3.02. The van der Waals surface area contributed by atoms with Crippen LogP contribution in [0.2, 0.25) is 0 Å². The SMILES string of the molecule is CCC(C)(CC)n1c(CCl)nc2cc(I)ccc21. The van der Waals surface area contributed by atoms with Crippen LogP contribution in [-0.4, -0.2) is 9.55 Å². The van der Waals surface area contributed by atoms with E-state index >= 15 is 0 Å². The van der Waals surface area contributed by atoms with Gasteiger partial charge in [0.25, 0.3) is 0 Å². The predicted octanol–water partition coefficient (Wildman–Crippen LogP) is 4.91. The van der Waals surface area contributed by atoms with Crippen LogP contribution in [0.4, 0.5) is 0 Å². The normalized spacial score (nSPS) is 12.3. The summed E-state index contributed by atoms with van der Waals surface area (Å²) >= 11 is 8.40. The summed E-state index contributed by atoms with van der Waals surface area (Å²) in [5, 5.41) is 0. The van der Waals surface area contributed by atoms with E-state index in [1.807, 2.05) is 0 Å². The van der Waals surface area contributed by atoms with Gasteiger partial charge in [-0.2, -0.15) is 0 Å². The Kier molecular flexibility index (Phi) is 4.22. The van der Waals surface area contributed by atoms with E-state index in [4.69, 9.17) is 11.6 Å². The van der Waals surface area contributed by atoms with Crippen molar-refractivity contribution in [2.75, 3.05) is 0 Å². The highest BCUT2D eigenvalue weighted by molar-refractivity contribution is 14.1. The summed E-state index contributed by atoms with van der Waals surface area (Å²) in [6.07, 6.45) is 2.15. The van der Waals surface area contributed by atoms with Gasteiger partial charge < -0.3 is 4.57 Å². The third kappa shape index (κ3) is 2.27. The summed E-state index contributed by atoms with van der Waals surface area (Å²) in [5.41, 5.74) is 2.33. The van der Waals surface area contributed by atoms with Crippen molar-refractivity contribution in [2.45, 2.75) is 45.0 Å². The number of aromatic nitrogens is 2. The van der Waals surface area contributed by atoms with E-state index in [0.29, 0.717) is 5.88 Å². The first-order chi connectivity index (χ1) is 8.55. The molecule has 1 aromatic carbocycles. The van der Waals surface area contributed by atoms with E-state index in [9.17, 15) is 0 Å². The summed E-state index contributed by atoms with van der Waals surface area (Å²) in [4.78, 5) is 4.68. The molecule has 2 rings (SSSR count). The molecule has 0 radical (unpaired) electrons. The number of fused-ring (bicyclic) bond motifs is 1. The van der Waals surface area contributed by atoms with Gasteiger partial charge in [0.15, 0.2) is 0 Å². The van der Waals surface area contributed by atoms with Crippen LogP contribution in [0.5, 0.6) is 0 Å². The van der Waals surface area contributed by atoms with Crippen molar-refractivity contribution >= 4 is 45.2 Å². The average molecular weight is 377 g/mol. The molecule has 1 heterocycles. The lowest BCUT2D eigenvalue weighted by atomic mass is 9.94. The molecule has 4 heteroatoms. The van der Waals surface area contributed by atoms with Crippen LogP contribution in [0.15, 0.2) is 18.2 Å². The van der Waals surface area contributed by atoms with Crippen LogP contribution in [0.3, 0.4) is 0 Å². The van der Waals surface area contributed by atoms with E-state index in [0.717, 1.165) is 24.2 Å². The van der Waals surface area contributed by atoms with Crippen LogP contribution in [0.25, 0.3) is 11.0 Å². The number of hydrogen-bond acceptors (Lipinski definition) is 1. The molecule has 1 aromatic heterocycles. The monoisotopic (exact) mass is 376 g/mol. The van der Waals surface area contributed by atoms with Crippen molar-refractivity contribution in [1.82, 2.24) is 9.55 Å². The quantitative estimate of drug-likeness (QED) is 0.547. The Balaban J connectivity index is 2.75. The lowest BCUT2D eigenvalue weighted by Crippen LogP contribution is -2.29. The molecule has 0 spiro atoms. The molecule has 0 N–H and O–H groups in total. The van der Waals surface area contributed by atoms with Gasteiger partial charge in [-0.1, -0.05) is 13.8 Å². The topological polar surface area (TPSA) is 17.8 Å². The lowest BCUT2D eigenvalue weighted by Gasteiger charge is -2.31. The van der Waals surface area contributed by atoms with E-state index < -0.39 is 0 Å². The van der Waals surface area contributed by atoms with Crippen molar-refractivity contribution in [2.24, 2.45) is 0 Å². The van der Waals surface area contributed by atoms with Crippen LogP contribution < -0.4 is 0 Å². The van der Waals surface area contributed by atoms with Crippen molar-refractivity contribution < 1.29 is 0 Å². The minimum Gasteiger partial charge on any atom is -0.321 e. The third-order valence-electron chi connectivity index (χ3n) is 3.87. The smallest absolute Gasteiger partial charge is 0.125 e. The van der Waals surface area contributed by atoms with E-state index in [1.54, 1.807) is 0 Å². The fourth-order valence-electron chi connectivity index (χ4n) is 2.36. The molecule has 0 saturated carbocycles. The van der Waals surface area contributed by atoms with Crippen LogP contribution in [0, 0.1) is 3.57 Å². The molecule has 18 heavy (non-hydrogen) atoms. The van der Waals surface area contributed by atoms with Gasteiger partial charge in [-0.05, 0) is 60.6 Å². The molecule has 98 valence electrons. The van der Waals surface area contributed by atoms with E-state index in [-0.39, 0.29) is 5.54 Å². The number of benzene rings is 1.